The summed E-state index contributed by atoms with van der Waals surface area (Å²) < 4.78 is 16.3. The molecular weight excluding hydrogens is 296 g/mol. The van der Waals surface area contributed by atoms with Crippen LogP contribution in [0.1, 0.15) is 6.92 Å². The van der Waals surface area contributed by atoms with E-state index in [1.165, 1.54) is 6.92 Å². The Hall–Kier alpha value is -3.02. The topological polar surface area (TPSA) is 73.6 Å². The van der Waals surface area contributed by atoms with Crippen molar-refractivity contribution < 1.29 is 18.7 Å². The van der Waals surface area contributed by atoms with Gasteiger partial charge in [-0.3, -0.25) is 4.79 Å². The zero-order valence-corrected chi connectivity index (χ0v) is 13.0. The van der Waals surface area contributed by atoms with E-state index in [1.54, 1.807) is 44.6 Å². The maximum atomic E-state index is 11.1. The fourth-order valence-corrected chi connectivity index (χ4v) is 2.30. The molecule has 0 bridgehead atoms. The molecule has 0 atom stereocenters. The van der Waals surface area contributed by atoms with Gasteiger partial charge in [0.1, 0.15) is 5.52 Å². The number of carbonyl (C=O) groups excluding carboxylic acids is 1. The quantitative estimate of drug-likeness (QED) is 0.798. The van der Waals surface area contributed by atoms with E-state index in [9.17, 15) is 4.79 Å². The van der Waals surface area contributed by atoms with E-state index >= 15 is 0 Å². The fourth-order valence-electron chi connectivity index (χ4n) is 2.30. The number of amides is 1. The number of nitrogens with one attached hydrogen (secondary N) is 1. The third kappa shape index (κ3) is 2.96. The zero-order chi connectivity index (χ0) is 16.4. The molecule has 0 fully saturated rings. The first-order valence-electron chi connectivity index (χ1n) is 7.01. The molecule has 0 aliphatic rings. The molecule has 0 spiro atoms. The first-order valence-corrected chi connectivity index (χ1v) is 7.01. The fraction of sp³-hybridized carbons (Fsp3) is 0.176. The monoisotopic (exact) mass is 312 g/mol. The molecule has 0 aliphatic carbocycles. The van der Waals surface area contributed by atoms with Gasteiger partial charge >= 0.3 is 0 Å². The van der Waals surface area contributed by atoms with Crippen LogP contribution in [0.3, 0.4) is 0 Å². The van der Waals surface area contributed by atoms with Gasteiger partial charge in [0.05, 0.1) is 14.2 Å². The second-order valence-corrected chi connectivity index (χ2v) is 4.95. The van der Waals surface area contributed by atoms with Gasteiger partial charge in [0, 0.05) is 24.2 Å². The third-order valence-corrected chi connectivity index (χ3v) is 3.34. The Balaban J connectivity index is 2.01. The van der Waals surface area contributed by atoms with Crippen LogP contribution in [0.5, 0.6) is 11.5 Å². The zero-order valence-electron chi connectivity index (χ0n) is 13.0. The number of hydrogen-bond acceptors (Lipinski definition) is 5. The van der Waals surface area contributed by atoms with Gasteiger partial charge in [-0.2, -0.15) is 0 Å². The highest BCUT2D eigenvalue weighted by molar-refractivity contribution is 5.91. The molecule has 6 nitrogen and oxygen atoms in total. The number of nitrogens with zero attached hydrogens (tertiary/aromatic N) is 1. The van der Waals surface area contributed by atoms with Crippen molar-refractivity contribution in [2.45, 2.75) is 6.92 Å². The first kappa shape index (κ1) is 14.9. The van der Waals surface area contributed by atoms with Gasteiger partial charge in [-0.05, 0) is 30.3 Å². The number of carbonyl (C=O) groups is 1. The number of rotatable bonds is 4. The standard InChI is InChI=1S/C17H16N2O4/c1-10(20)18-12-5-6-13-15(9-12)23-17(19-13)11-4-7-14(21-2)16(8-11)22-3/h4-9H,1-3H3,(H,18,20). The van der Waals surface area contributed by atoms with Crippen molar-refractivity contribution in [1.29, 1.82) is 0 Å². The number of anilines is 1. The molecule has 6 heteroatoms. The smallest absolute Gasteiger partial charge is 0.227 e. The van der Waals surface area contributed by atoms with E-state index in [4.69, 9.17) is 13.9 Å². The van der Waals surface area contributed by atoms with E-state index < -0.39 is 0 Å². The molecule has 23 heavy (non-hydrogen) atoms. The molecule has 0 unspecified atom stereocenters. The average Bonchev–Trinajstić information content (AvgIpc) is 2.96. The summed E-state index contributed by atoms with van der Waals surface area (Å²) in [5, 5.41) is 2.72. The summed E-state index contributed by atoms with van der Waals surface area (Å²) >= 11 is 0. The summed E-state index contributed by atoms with van der Waals surface area (Å²) in [4.78, 5) is 15.6. The molecule has 1 heterocycles. The second kappa shape index (κ2) is 6.00. The number of hydrogen-bond donors (Lipinski definition) is 1. The number of fused-ring (bicyclic) bond motifs is 1. The minimum Gasteiger partial charge on any atom is -0.493 e. The van der Waals surface area contributed by atoms with E-state index in [0.717, 1.165) is 5.56 Å². The molecule has 3 rings (SSSR count). The van der Waals surface area contributed by atoms with Crippen molar-refractivity contribution in [3.05, 3.63) is 36.4 Å². The van der Waals surface area contributed by atoms with Gasteiger partial charge < -0.3 is 19.2 Å². The Morgan fingerprint density at radius 3 is 2.57 bits per heavy atom. The lowest BCUT2D eigenvalue weighted by molar-refractivity contribution is -0.114. The molecule has 0 saturated heterocycles. The van der Waals surface area contributed by atoms with Crippen LogP contribution in [0, 0.1) is 0 Å². The van der Waals surface area contributed by atoms with Crippen molar-refractivity contribution in [3.8, 4) is 23.0 Å². The molecule has 118 valence electrons. The Bertz CT molecular complexity index is 870. The third-order valence-electron chi connectivity index (χ3n) is 3.34. The number of benzene rings is 2. The van der Waals surface area contributed by atoms with Crippen LogP contribution in [-0.4, -0.2) is 25.1 Å². The van der Waals surface area contributed by atoms with E-state index in [2.05, 4.69) is 10.3 Å². The highest BCUT2D eigenvalue weighted by atomic mass is 16.5. The van der Waals surface area contributed by atoms with Gasteiger partial charge in [0.15, 0.2) is 17.1 Å². The van der Waals surface area contributed by atoms with Gasteiger partial charge in [-0.15, -0.1) is 0 Å². The van der Waals surface area contributed by atoms with Crippen molar-refractivity contribution >= 4 is 22.7 Å². The van der Waals surface area contributed by atoms with Crippen molar-refractivity contribution in [2.24, 2.45) is 0 Å². The summed E-state index contributed by atoms with van der Waals surface area (Å²) in [5.74, 6) is 1.58. The van der Waals surface area contributed by atoms with Crippen LogP contribution in [0.2, 0.25) is 0 Å². The summed E-state index contributed by atoms with van der Waals surface area (Å²) in [5.41, 5.74) is 2.75. The van der Waals surface area contributed by atoms with Crippen LogP contribution in [0.15, 0.2) is 40.8 Å². The number of methoxy groups -OCH3 is 2. The van der Waals surface area contributed by atoms with Gasteiger partial charge in [0.25, 0.3) is 0 Å². The molecule has 2 aromatic carbocycles. The van der Waals surface area contributed by atoms with Crippen LogP contribution in [0.4, 0.5) is 5.69 Å². The Morgan fingerprint density at radius 2 is 1.87 bits per heavy atom. The van der Waals surface area contributed by atoms with Crippen LogP contribution < -0.4 is 14.8 Å². The minimum absolute atomic E-state index is 0.135. The SMILES string of the molecule is COc1ccc(-c2nc3ccc(NC(C)=O)cc3o2)cc1OC. The summed E-state index contributed by atoms with van der Waals surface area (Å²) in [6.45, 7) is 1.46. The van der Waals surface area contributed by atoms with Crippen LogP contribution in [-0.2, 0) is 4.79 Å². The van der Waals surface area contributed by atoms with Crippen molar-refractivity contribution in [1.82, 2.24) is 4.98 Å². The summed E-state index contributed by atoms with van der Waals surface area (Å²) in [6, 6.07) is 10.8. The highest BCUT2D eigenvalue weighted by Gasteiger charge is 2.12. The number of oxazole rings is 1. The lowest BCUT2D eigenvalue weighted by Gasteiger charge is -2.07. The Morgan fingerprint density at radius 1 is 1.09 bits per heavy atom. The van der Waals surface area contributed by atoms with E-state index in [0.29, 0.717) is 34.2 Å². The molecule has 0 radical (unpaired) electrons. The molecule has 0 saturated carbocycles. The second-order valence-electron chi connectivity index (χ2n) is 4.95. The minimum atomic E-state index is -0.135. The van der Waals surface area contributed by atoms with Gasteiger partial charge in [0.2, 0.25) is 11.8 Å². The molecule has 1 N–H and O–H groups in total. The van der Waals surface area contributed by atoms with Gasteiger partial charge in [-0.25, -0.2) is 4.98 Å². The molecule has 3 aromatic rings. The van der Waals surface area contributed by atoms with Crippen molar-refractivity contribution in [2.75, 3.05) is 19.5 Å². The maximum Gasteiger partial charge on any atom is 0.227 e. The summed E-state index contributed by atoms with van der Waals surface area (Å²) in [6.07, 6.45) is 0. The Labute approximate surface area is 133 Å². The summed E-state index contributed by atoms with van der Waals surface area (Å²) in [7, 11) is 3.16. The largest absolute Gasteiger partial charge is 0.493 e. The average molecular weight is 312 g/mol. The number of ether oxygens (including phenoxy) is 2. The van der Waals surface area contributed by atoms with E-state index in [1.807, 2.05) is 6.07 Å². The van der Waals surface area contributed by atoms with Crippen molar-refractivity contribution in [3.63, 3.8) is 0 Å². The van der Waals surface area contributed by atoms with Gasteiger partial charge in [-0.1, -0.05) is 0 Å². The Kier molecular flexibility index (Phi) is 3.89. The predicted octanol–water partition coefficient (Wildman–Crippen LogP) is 3.47. The van der Waals surface area contributed by atoms with Crippen LogP contribution in [0.25, 0.3) is 22.6 Å². The molecule has 1 amide bonds. The molecule has 0 aliphatic heterocycles. The maximum absolute atomic E-state index is 11.1. The van der Waals surface area contributed by atoms with Crippen LogP contribution >= 0.6 is 0 Å². The molecular formula is C17H16N2O4. The predicted molar refractivity (Wildman–Crippen MR) is 86.9 cm³/mol. The highest BCUT2D eigenvalue weighted by Crippen LogP contribution is 2.33. The number of aromatic nitrogens is 1. The van der Waals surface area contributed by atoms with E-state index in [-0.39, 0.29) is 5.91 Å². The lowest BCUT2D eigenvalue weighted by Crippen LogP contribution is -2.05. The normalized spacial score (nSPS) is 10.6. The lowest BCUT2D eigenvalue weighted by atomic mass is 10.2. The molecule has 1 aromatic heterocycles. The first-order chi connectivity index (χ1) is 11.1.